The summed E-state index contributed by atoms with van der Waals surface area (Å²) in [5, 5.41) is 7.15. The van der Waals surface area contributed by atoms with Crippen LogP contribution in [0.15, 0.2) is 53.3 Å². The summed E-state index contributed by atoms with van der Waals surface area (Å²) in [6, 6.07) is 14.2. The Kier molecular flexibility index (Phi) is 7.49. The Hall–Kier alpha value is -3.81. The van der Waals surface area contributed by atoms with Gasteiger partial charge in [0.1, 0.15) is 5.75 Å². The SMILES string of the molecule is COc1ccc(-c2ccc(=O)n(CCNC(=O)COc3ccc(C)c(C)c3)n2)cc1OC. The largest absolute Gasteiger partial charge is 0.493 e. The molecule has 0 fully saturated rings. The van der Waals surface area contributed by atoms with Gasteiger partial charge in [-0.15, -0.1) is 0 Å². The number of carbonyl (C=O) groups is 1. The highest BCUT2D eigenvalue weighted by Gasteiger charge is 2.09. The number of hydrogen-bond acceptors (Lipinski definition) is 6. The second-order valence-electron chi connectivity index (χ2n) is 7.23. The monoisotopic (exact) mass is 437 g/mol. The molecule has 0 spiro atoms. The van der Waals surface area contributed by atoms with E-state index in [0.29, 0.717) is 22.9 Å². The lowest BCUT2D eigenvalue weighted by Gasteiger charge is -2.11. The minimum absolute atomic E-state index is 0.101. The van der Waals surface area contributed by atoms with E-state index in [9.17, 15) is 9.59 Å². The fraction of sp³-hybridized carbons (Fsp3) is 0.292. The normalized spacial score (nSPS) is 10.5. The maximum absolute atomic E-state index is 12.2. The molecular formula is C24H27N3O5. The van der Waals surface area contributed by atoms with Crippen molar-refractivity contribution in [1.29, 1.82) is 0 Å². The highest BCUT2D eigenvalue weighted by molar-refractivity contribution is 5.77. The summed E-state index contributed by atoms with van der Waals surface area (Å²) in [6.45, 7) is 4.38. The van der Waals surface area contributed by atoms with Crippen LogP contribution >= 0.6 is 0 Å². The number of nitrogens with zero attached hydrogens (tertiary/aromatic N) is 2. The fourth-order valence-electron chi connectivity index (χ4n) is 3.06. The van der Waals surface area contributed by atoms with Gasteiger partial charge in [-0.05, 0) is 61.4 Å². The lowest BCUT2D eigenvalue weighted by Crippen LogP contribution is -2.34. The Morgan fingerprint density at radius 1 is 0.969 bits per heavy atom. The predicted octanol–water partition coefficient (Wildman–Crippen LogP) is 2.74. The zero-order valence-electron chi connectivity index (χ0n) is 18.7. The summed E-state index contributed by atoms with van der Waals surface area (Å²) in [4.78, 5) is 24.3. The first-order valence-electron chi connectivity index (χ1n) is 10.2. The third kappa shape index (κ3) is 5.66. The number of carbonyl (C=O) groups excluding carboxylic acids is 1. The van der Waals surface area contributed by atoms with Crippen molar-refractivity contribution in [3.8, 4) is 28.5 Å². The van der Waals surface area contributed by atoms with E-state index >= 15 is 0 Å². The number of rotatable bonds is 9. The molecule has 0 atom stereocenters. The quantitative estimate of drug-likeness (QED) is 0.554. The van der Waals surface area contributed by atoms with E-state index in [4.69, 9.17) is 14.2 Å². The van der Waals surface area contributed by atoms with Crippen LogP contribution in [0.5, 0.6) is 17.2 Å². The Balaban J connectivity index is 1.59. The van der Waals surface area contributed by atoms with E-state index in [0.717, 1.165) is 16.7 Å². The molecule has 1 amide bonds. The highest BCUT2D eigenvalue weighted by Crippen LogP contribution is 2.31. The van der Waals surface area contributed by atoms with Gasteiger partial charge in [-0.2, -0.15) is 5.10 Å². The number of benzene rings is 2. The Bertz CT molecular complexity index is 1160. The molecular weight excluding hydrogens is 410 g/mol. The smallest absolute Gasteiger partial charge is 0.266 e. The molecule has 1 N–H and O–H groups in total. The zero-order chi connectivity index (χ0) is 23.1. The minimum Gasteiger partial charge on any atom is -0.493 e. The Morgan fingerprint density at radius 2 is 1.75 bits per heavy atom. The van der Waals surface area contributed by atoms with Crippen molar-refractivity contribution in [1.82, 2.24) is 15.1 Å². The maximum atomic E-state index is 12.2. The van der Waals surface area contributed by atoms with E-state index in [1.807, 2.05) is 38.1 Å². The maximum Gasteiger partial charge on any atom is 0.266 e. The van der Waals surface area contributed by atoms with Crippen LogP contribution in [0.3, 0.4) is 0 Å². The number of amides is 1. The van der Waals surface area contributed by atoms with Crippen LogP contribution in [0.25, 0.3) is 11.3 Å². The summed E-state index contributed by atoms with van der Waals surface area (Å²) in [6.07, 6.45) is 0. The van der Waals surface area contributed by atoms with Gasteiger partial charge in [0.05, 0.1) is 26.5 Å². The van der Waals surface area contributed by atoms with E-state index in [1.54, 1.807) is 32.4 Å². The molecule has 1 aromatic heterocycles. The second-order valence-corrected chi connectivity index (χ2v) is 7.23. The van der Waals surface area contributed by atoms with Gasteiger partial charge in [0, 0.05) is 18.2 Å². The summed E-state index contributed by atoms with van der Waals surface area (Å²) < 4.78 is 17.4. The van der Waals surface area contributed by atoms with E-state index < -0.39 is 0 Å². The van der Waals surface area contributed by atoms with Crippen molar-refractivity contribution in [2.24, 2.45) is 0 Å². The lowest BCUT2D eigenvalue weighted by molar-refractivity contribution is -0.123. The third-order valence-electron chi connectivity index (χ3n) is 5.04. The van der Waals surface area contributed by atoms with Crippen molar-refractivity contribution >= 4 is 5.91 Å². The zero-order valence-corrected chi connectivity index (χ0v) is 18.7. The van der Waals surface area contributed by atoms with Gasteiger partial charge in [-0.25, -0.2) is 4.68 Å². The first kappa shape index (κ1) is 22.9. The summed E-state index contributed by atoms with van der Waals surface area (Å²) in [5.41, 5.74) is 3.39. The average Bonchev–Trinajstić information content (AvgIpc) is 2.80. The molecule has 0 radical (unpaired) electrons. The molecule has 0 aliphatic carbocycles. The number of ether oxygens (including phenoxy) is 3. The third-order valence-corrected chi connectivity index (χ3v) is 5.04. The molecule has 3 rings (SSSR count). The first-order valence-corrected chi connectivity index (χ1v) is 10.2. The molecule has 1 heterocycles. The van der Waals surface area contributed by atoms with Crippen LogP contribution in [-0.4, -0.2) is 43.1 Å². The molecule has 0 aliphatic rings. The van der Waals surface area contributed by atoms with Crippen molar-refractivity contribution < 1.29 is 19.0 Å². The standard InChI is InChI=1S/C24H27N3O5/c1-16-5-7-19(13-17(16)2)32-15-23(28)25-11-12-27-24(29)10-8-20(26-27)18-6-9-21(30-3)22(14-18)31-4/h5-10,13-14H,11-12,15H2,1-4H3,(H,25,28). The van der Waals surface area contributed by atoms with Crippen LogP contribution in [0.1, 0.15) is 11.1 Å². The number of aryl methyl sites for hydroxylation is 2. The second kappa shape index (κ2) is 10.5. The van der Waals surface area contributed by atoms with E-state index in [2.05, 4.69) is 10.4 Å². The summed E-state index contributed by atoms with van der Waals surface area (Å²) in [7, 11) is 3.12. The number of methoxy groups -OCH3 is 2. The van der Waals surface area contributed by atoms with Crippen LogP contribution in [0.2, 0.25) is 0 Å². The van der Waals surface area contributed by atoms with E-state index in [1.165, 1.54) is 10.7 Å². The molecule has 0 aliphatic heterocycles. The van der Waals surface area contributed by atoms with Crippen LogP contribution < -0.4 is 25.1 Å². The molecule has 8 heteroatoms. The predicted molar refractivity (Wildman–Crippen MR) is 121 cm³/mol. The van der Waals surface area contributed by atoms with Crippen LogP contribution in [0.4, 0.5) is 0 Å². The van der Waals surface area contributed by atoms with Crippen LogP contribution in [-0.2, 0) is 11.3 Å². The minimum atomic E-state index is -0.271. The highest BCUT2D eigenvalue weighted by atomic mass is 16.5. The van der Waals surface area contributed by atoms with Gasteiger partial charge >= 0.3 is 0 Å². The van der Waals surface area contributed by atoms with Gasteiger partial charge in [0.2, 0.25) is 0 Å². The molecule has 168 valence electrons. The van der Waals surface area contributed by atoms with Gasteiger partial charge in [0.15, 0.2) is 18.1 Å². The van der Waals surface area contributed by atoms with Gasteiger partial charge in [-0.1, -0.05) is 6.07 Å². The molecule has 0 saturated heterocycles. The first-order chi connectivity index (χ1) is 15.4. The average molecular weight is 437 g/mol. The Labute approximate surface area is 186 Å². The van der Waals surface area contributed by atoms with Gasteiger partial charge in [0.25, 0.3) is 11.5 Å². The summed E-state index contributed by atoms with van der Waals surface area (Å²) in [5.74, 6) is 1.55. The summed E-state index contributed by atoms with van der Waals surface area (Å²) >= 11 is 0. The van der Waals surface area contributed by atoms with Crippen molar-refractivity contribution in [2.75, 3.05) is 27.4 Å². The molecule has 2 aromatic carbocycles. The van der Waals surface area contributed by atoms with Crippen molar-refractivity contribution in [2.45, 2.75) is 20.4 Å². The van der Waals surface area contributed by atoms with Crippen molar-refractivity contribution in [3.63, 3.8) is 0 Å². The topological polar surface area (TPSA) is 91.7 Å². The lowest BCUT2D eigenvalue weighted by atomic mass is 10.1. The number of aromatic nitrogens is 2. The van der Waals surface area contributed by atoms with Crippen molar-refractivity contribution in [3.05, 3.63) is 70.0 Å². The van der Waals surface area contributed by atoms with Crippen LogP contribution in [0, 0.1) is 13.8 Å². The fourth-order valence-corrected chi connectivity index (χ4v) is 3.06. The molecule has 32 heavy (non-hydrogen) atoms. The number of nitrogens with one attached hydrogen (secondary N) is 1. The molecule has 8 nitrogen and oxygen atoms in total. The molecule has 0 saturated carbocycles. The molecule has 0 bridgehead atoms. The van der Waals surface area contributed by atoms with Gasteiger partial charge in [-0.3, -0.25) is 9.59 Å². The molecule has 3 aromatic rings. The molecule has 0 unspecified atom stereocenters. The van der Waals surface area contributed by atoms with E-state index in [-0.39, 0.29) is 31.2 Å². The number of hydrogen-bond donors (Lipinski definition) is 1. The Morgan fingerprint density at radius 3 is 2.47 bits per heavy atom. The van der Waals surface area contributed by atoms with Gasteiger partial charge < -0.3 is 19.5 Å².